The molecule has 1 aromatic carbocycles. The summed E-state index contributed by atoms with van der Waals surface area (Å²) < 4.78 is 0. The molecule has 0 heterocycles. The van der Waals surface area contributed by atoms with Gasteiger partial charge in [0.25, 0.3) is 0 Å². The summed E-state index contributed by atoms with van der Waals surface area (Å²) in [5, 5.41) is 3.63. The number of fused-ring (bicyclic) bond motifs is 1. The maximum Gasteiger partial charge on any atom is 0.00234 e. The van der Waals surface area contributed by atoms with Gasteiger partial charge in [-0.3, -0.25) is 0 Å². The molecule has 106 valence electrons. The van der Waals surface area contributed by atoms with E-state index >= 15 is 0 Å². The van der Waals surface area contributed by atoms with Crippen LogP contribution >= 0.6 is 0 Å². The van der Waals surface area contributed by atoms with E-state index in [1.807, 2.05) is 0 Å². The number of hydrogen-bond acceptors (Lipinski definition) is 1. The molecule has 1 nitrogen and oxygen atoms in total. The van der Waals surface area contributed by atoms with E-state index in [9.17, 15) is 0 Å². The van der Waals surface area contributed by atoms with Crippen LogP contribution in [0, 0.1) is 0 Å². The van der Waals surface area contributed by atoms with Gasteiger partial charge >= 0.3 is 0 Å². The fourth-order valence-electron chi connectivity index (χ4n) is 3.03. The Balaban J connectivity index is 1.44. The average Bonchev–Trinajstić information content (AvgIpc) is 2.41. The lowest BCUT2D eigenvalue weighted by molar-refractivity contribution is 0.512. The SMILES string of the molecule is CCCCCCCCCNCC1Cc2ccccc21. The molecule has 1 N–H and O–H groups in total. The molecule has 0 aliphatic heterocycles. The molecule has 0 spiro atoms. The summed E-state index contributed by atoms with van der Waals surface area (Å²) in [6, 6.07) is 8.88. The van der Waals surface area contributed by atoms with Crippen LogP contribution in [0.4, 0.5) is 0 Å². The summed E-state index contributed by atoms with van der Waals surface area (Å²) in [6.07, 6.45) is 11.1. The molecule has 1 aromatic rings. The second-order valence-electron chi connectivity index (χ2n) is 5.93. The Morgan fingerprint density at radius 1 is 1.00 bits per heavy atom. The fraction of sp³-hybridized carbons (Fsp3) is 0.667. The Morgan fingerprint density at radius 2 is 1.74 bits per heavy atom. The predicted octanol–water partition coefficient (Wildman–Crippen LogP) is 4.67. The Hall–Kier alpha value is -0.820. The molecule has 0 aromatic heterocycles. The second kappa shape index (κ2) is 8.37. The van der Waals surface area contributed by atoms with Gasteiger partial charge in [-0.15, -0.1) is 0 Å². The van der Waals surface area contributed by atoms with E-state index in [1.54, 1.807) is 11.1 Å². The maximum absolute atomic E-state index is 3.63. The fourth-order valence-corrected chi connectivity index (χ4v) is 3.03. The highest BCUT2D eigenvalue weighted by molar-refractivity contribution is 5.40. The molecule has 0 amide bonds. The van der Waals surface area contributed by atoms with E-state index in [4.69, 9.17) is 0 Å². The molecule has 1 heteroatoms. The first kappa shape index (κ1) is 14.6. The monoisotopic (exact) mass is 259 g/mol. The van der Waals surface area contributed by atoms with Crippen molar-refractivity contribution in [3.8, 4) is 0 Å². The standard InChI is InChI=1S/C18H29N/c1-2-3-4-5-6-7-10-13-19-15-17-14-16-11-8-9-12-18(16)17/h8-9,11-12,17,19H,2-7,10,13-15H2,1H3. The van der Waals surface area contributed by atoms with E-state index in [1.165, 1.54) is 64.5 Å². The summed E-state index contributed by atoms with van der Waals surface area (Å²) in [4.78, 5) is 0. The molecule has 19 heavy (non-hydrogen) atoms. The number of nitrogens with one attached hydrogen (secondary N) is 1. The van der Waals surface area contributed by atoms with E-state index in [-0.39, 0.29) is 0 Å². The van der Waals surface area contributed by atoms with Crippen molar-refractivity contribution in [3.63, 3.8) is 0 Å². The van der Waals surface area contributed by atoms with Crippen molar-refractivity contribution in [2.24, 2.45) is 0 Å². The lowest BCUT2D eigenvalue weighted by Crippen LogP contribution is -2.29. The molecule has 1 unspecified atom stereocenters. The number of hydrogen-bond donors (Lipinski definition) is 1. The lowest BCUT2D eigenvalue weighted by Gasteiger charge is -2.30. The molecule has 0 bridgehead atoms. The van der Waals surface area contributed by atoms with Gasteiger partial charge in [0, 0.05) is 12.5 Å². The molecule has 0 saturated heterocycles. The summed E-state index contributed by atoms with van der Waals surface area (Å²) in [5.74, 6) is 0.778. The Morgan fingerprint density at radius 3 is 2.53 bits per heavy atom. The average molecular weight is 259 g/mol. The lowest BCUT2D eigenvalue weighted by atomic mass is 9.77. The smallest absolute Gasteiger partial charge is 0.00234 e. The summed E-state index contributed by atoms with van der Waals surface area (Å²) in [6.45, 7) is 4.65. The van der Waals surface area contributed by atoms with Crippen molar-refractivity contribution in [3.05, 3.63) is 35.4 Å². The van der Waals surface area contributed by atoms with Gasteiger partial charge in [-0.05, 0) is 30.5 Å². The first-order chi connectivity index (χ1) is 9.42. The maximum atomic E-state index is 3.63. The van der Waals surface area contributed by atoms with Crippen LogP contribution < -0.4 is 5.32 Å². The minimum Gasteiger partial charge on any atom is -0.316 e. The minimum atomic E-state index is 0.778. The zero-order chi connectivity index (χ0) is 13.3. The highest BCUT2D eigenvalue weighted by Gasteiger charge is 2.24. The summed E-state index contributed by atoms with van der Waals surface area (Å²) >= 11 is 0. The van der Waals surface area contributed by atoms with Crippen molar-refractivity contribution < 1.29 is 0 Å². The van der Waals surface area contributed by atoms with Crippen molar-refractivity contribution in [2.75, 3.05) is 13.1 Å². The van der Waals surface area contributed by atoms with Crippen LogP contribution in [0.1, 0.15) is 68.9 Å². The molecule has 1 aliphatic rings. The molecular formula is C18H29N. The molecule has 1 atom stereocenters. The van der Waals surface area contributed by atoms with Gasteiger partial charge < -0.3 is 5.32 Å². The van der Waals surface area contributed by atoms with Gasteiger partial charge in [-0.1, -0.05) is 69.7 Å². The van der Waals surface area contributed by atoms with Crippen molar-refractivity contribution in [1.29, 1.82) is 0 Å². The van der Waals surface area contributed by atoms with Crippen LogP contribution in [-0.4, -0.2) is 13.1 Å². The highest BCUT2D eigenvalue weighted by atomic mass is 14.9. The molecule has 0 saturated carbocycles. The van der Waals surface area contributed by atoms with E-state index in [0.29, 0.717) is 0 Å². The Kier molecular flexibility index (Phi) is 6.43. The Bertz CT molecular complexity index is 358. The van der Waals surface area contributed by atoms with Gasteiger partial charge in [0.15, 0.2) is 0 Å². The van der Waals surface area contributed by atoms with Gasteiger partial charge in [0.05, 0.1) is 0 Å². The molecule has 0 fully saturated rings. The van der Waals surface area contributed by atoms with Crippen molar-refractivity contribution >= 4 is 0 Å². The molecule has 2 rings (SSSR count). The zero-order valence-electron chi connectivity index (χ0n) is 12.5. The van der Waals surface area contributed by atoms with Crippen LogP contribution in [0.25, 0.3) is 0 Å². The van der Waals surface area contributed by atoms with Crippen molar-refractivity contribution in [2.45, 2.75) is 64.2 Å². The molecular weight excluding hydrogens is 230 g/mol. The zero-order valence-corrected chi connectivity index (χ0v) is 12.5. The van der Waals surface area contributed by atoms with Crippen LogP contribution in [0.2, 0.25) is 0 Å². The summed E-state index contributed by atoms with van der Waals surface area (Å²) in [7, 11) is 0. The quantitative estimate of drug-likeness (QED) is 0.602. The van der Waals surface area contributed by atoms with E-state index in [0.717, 1.165) is 5.92 Å². The second-order valence-corrected chi connectivity index (χ2v) is 5.93. The predicted molar refractivity (Wildman–Crippen MR) is 83.7 cm³/mol. The van der Waals surface area contributed by atoms with Gasteiger partial charge in [-0.25, -0.2) is 0 Å². The van der Waals surface area contributed by atoms with Gasteiger partial charge in [0.2, 0.25) is 0 Å². The number of benzene rings is 1. The highest BCUT2D eigenvalue weighted by Crippen LogP contribution is 2.33. The molecule has 1 aliphatic carbocycles. The third kappa shape index (κ3) is 4.65. The van der Waals surface area contributed by atoms with Crippen LogP contribution in [0.5, 0.6) is 0 Å². The Labute approximate surface area is 118 Å². The number of unbranched alkanes of at least 4 members (excludes halogenated alkanes) is 6. The number of rotatable bonds is 10. The summed E-state index contributed by atoms with van der Waals surface area (Å²) in [5.41, 5.74) is 3.14. The topological polar surface area (TPSA) is 12.0 Å². The van der Waals surface area contributed by atoms with Gasteiger partial charge in [-0.2, -0.15) is 0 Å². The van der Waals surface area contributed by atoms with Gasteiger partial charge in [0.1, 0.15) is 0 Å². The third-order valence-electron chi connectivity index (χ3n) is 4.31. The largest absolute Gasteiger partial charge is 0.316 e. The third-order valence-corrected chi connectivity index (χ3v) is 4.31. The normalized spacial score (nSPS) is 17.0. The van der Waals surface area contributed by atoms with E-state index in [2.05, 4.69) is 36.5 Å². The van der Waals surface area contributed by atoms with Crippen LogP contribution in [0.15, 0.2) is 24.3 Å². The molecule has 0 radical (unpaired) electrons. The van der Waals surface area contributed by atoms with E-state index < -0.39 is 0 Å². The minimum absolute atomic E-state index is 0.778. The van der Waals surface area contributed by atoms with Crippen molar-refractivity contribution in [1.82, 2.24) is 5.32 Å². The van der Waals surface area contributed by atoms with Crippen LogP contribution in [0.3, 0.4) is 0 Å². The van der Waals surface area contributed by atoms with Crippen LogP contribution in [-0.2, 0) is 6.42 Å². The first-order valence-corrected chi connectivity index (χ1v) is 8.20. The first-order valence-electron chi connectivity index (χ1n) is 8.20.